The Labute approximate surface area is 164 Å². The standard InChI is InChI=1S/C18H18ClN3O2S2/c1-12-17(18(24)22(21(12)2)13-6-4-3-5-7-13)20-16(23)11-25-10-14-8-9-15(19)26-14/h3-9H,10-11H2,1-2H3,(H,20,23). The quantitative estimate of drug-likeness (QED) is 0.670. The summed E-state index contributed by atoms with van der Waals surface area (Å²) in [5.74, 6) is 0.797. The zero-order valence-electron chi connectivity index (χ0n) is 14.4. The maximum absolute atomic E-state index is 12.8. The minimum Gasteiger partial charge on any atom is -0.319 e. The number of anilines is 1. The van der Waals surface area contributed by atoms with Gasteiger partial charge in [0.25, 0.3) is 5.56 Å². The highest BCUT2D eigenvalue weighted by molar-refractivity contribution is 7.99. The summed E-state index contributed by atoms with van der Waals surface area (Å²) in [6.45, 7) is 1.82. The number of halogens is 1. The Morgan fingerprint density at radius 3 is 2.62 bits per heavy atom. The molecule has 0 bridgehead atoms. The molecule has 0 aliphatic carbocycles. The van der Waals surface area contributed by atoms with Crippen LogP contribution in [0, 0.1) is 6.92 Å². The van der Waals surface area contributed by atoms with Crippen LogP contribution in [-0.2, 0) is 17.6 Å². The van der Waals surface area contributed by atoms with Gasteiger partial charge in [-0.3, -0.25) is 14.3 Å². The van der Waals surface area contributed by atoms with Gasteiger partial charge >= 0.3 is 0 Å². The van der Waals surface area contributed by atoms with E-state index >= 15 is 0 Å². The second-order valence-corrected chi connectivity index (χ2v) is 8.47. The minimum absolute atomic E-state index is 0.191. The highest BCUT2D eigenvalue weighted by atomic mass is 35.5. The topological polar surface area (TPSA) is 56.0 Å². The first-order valence-corrected chi connectivity index (χ1v) is 10.3. The average molecular weight is 408 g/mol. The van der Waals surface area contributed by atoms with Crippen LogP contribution in [0.4, 0.5) is 5.69 Å². The van der Waals surface area contributed by atoms with E-state index in [1.54, 1.807) is 16.4 Å². The lowest BCUT2D eigenvalue weighted by Gasteiger charge is -2.07. The van der Waals surface area contributed by atoms with E-state index in [-0.39, 0.29) is 17.2 Å². The van der Waals surface area contributed by atoms with Crippen molar-refractivity contribution in [1.82, 2.24) is 9.36 Å². The smallest absolute Gasteiger partial charge is 0.295 e. The third-order valence-corrected chi connectivity index (χ3v) is 6.32. The third-order valence-electron chi connectivity index (χ3n) is 3.92. The number of hydrogen-bond donors (Lipinski definition) is 1. The number of nitrogens with one attached hydrogen (secondary N) is 1. The number of aromatic nitrogens is 2. The van der Waals surface area contributed by atoms with E-state index in [0.717, 1.165) is 14.9 Å². The molecular formula is C18H18ClN3O2S2. The molecule has 0 unspecified atom stereocenters. The number of thioether (sulfide) groups is 1. The lowest BCUT2D eigenvalue weighted by atomic mass is 10.3. The van der Waals surface area contributed by atoms with Crippen LogP contribution in [0.25, 0.3) is 5.69 Å². The molecule has 0 aliphatic heterocycles. The summed E-state index contributed by atoms with van der Waals surface area (Å²) in [6.07, 6.45) is 0. The van der Waals surface area contributed by atoms with Gasteiger partial charge in [0.1, 0.15) is 5.69 Å². The summed E-state index contributed by atoms with van der Waals surface area (Å²) in [6, 6.07) is 13.2. The first kappa shape index (κ1) is 18.8. The number of thiophene rings is 1. The number of carbonyl (C=O) groups excluding carboxylic acids is 1. The summed E-state index contributed by atoms with van der Waals surface area (Å²) >= 11 is 8.90. The molecule has 0 atom stereocenters. The number of hydrogen-bond acceptors (Lipinski definition) is 4. The summed E-state index contributed by atoms with van der Waals surface area (Å²) < 4.78 is 4.03. The van der Waals surface area contributed by atoms with Crippen molar-refractivity contribution in [3.63, 3.8) is 0 Å². The molecule has 0 saturated heterocycles. The van der Waals surface area contributed by atoms with Gasteiger partial charge in [-0.2, -0.15) is 0 Å². The Morgan fingerprint density at radius 2 is 1.96 bits per heavy atom. The van der Waals surface area contributed by atoms with Gasteiger partial charge in [0, 0.05) is 17.7 Å². The van der Waals surface area contributed by atoms with Crippen LogP contribution in [-0.4, -0.2) is 21.0 Å². The number of nitrogens with zero attached hydrogens (tertiary/aromatic N) is 2. The van der Waals surface area contributed by atoms with Gasteiger partial charge in [-0.1, -0.05) is 29.8 Å². The van der Waals surface area contributed by atoms with Gasteiger partial charge in [-0.15, -0.1) is 23.1 Å². The molecule has 8 heteroatoms. The second kappa shape index (κ2) is 8.16. The fraction of sp³-hybridized carbons (Fsp3) is 0.222. The average Bonchev–Trinajstić information content (AvgIpc) is 3.13. The Balaban J connectivity index is 1.69. The molecule has 0 aliphatic rings. The highest BCUT2D eigenvalue weighted by Crippen LogP contribution is 2.25. The molecule has 0 spiro atoms. The molecular weight excluding hydrogens is 390 g/mol. The van der Waals surface area contributed by atoms with Crippen molar-refractivity contribution in [3.8, 4) is 5.69 Å². The summed E-state index contributed by atoms with van der Waals surface area (Å²) in [5.41, 5.74) is 1.55. The molecule has 2 heterocycles. The van der Waals surface area contributed by atoms with E-state index in [1.807, 2.05) is 49.4 Å². The predicted molar refractivity (Wildman–Crippen MR) is 110 cm³/mol. The van der Waals surface area contributed by atoms with Gasteiger partial charge in [-0.25, -0.2) is 4.68 Å². The number of rotatable bonds is 6. The molecule has 3 aromatic rings. The minimum atomic E-state index is -0.236. The monoisotopic (exact) mass is 407 g/mol. The third kappa shape index (κ3) is 4.06. The van der Waals surface area contributed by atoms with Crippen LogP contribution in [0.15, 0.2) is 47.3 Å². The maximum atomic E-state index is 12.8. The Hall–Kier alpha value is -1.96. The van der Waals surface area contributed by atoms with Gasteiger partial charge in [-0.05, 0) is 31.2 Å². The summed E-state index contributed by atoms with van der Waals surface area (Å²) in [4.78, 5) is 26.1. The number of amides is 1. The van der Waals surface area contributed by atoms with Crippen LogP contribution in [0.5, 0.6) is 0 Å². The second-order valence-electron chi connectivity index (χ2n) is 5.68. The maximum Gasteiger partial charge on any atom is 0.295 e. The molecule has 0 fully saturated rings. The van der Waals surface area contributed by atoms with Crippen molar-refractivity contribution in [2.24, 2.45) is 7.05 Å². The van der Waals surface area contributed by atoms with Crippen LogP contribution in [0.3, 0.4) is 0 Å². The van der Waals surface area contributed by atoms with E-state index < -0.39 is 0 Å². The van der Waals surface area contributed by atoms with E-state index in [1.165, 1.54) is 23.1 Å². The highest BCUT2D eigenvalue weighted by Gasteiger charge is 2.18. The SMILES string of the molecule is Cc1c(NC(=O)CSCc2ccc(Cl)s2)c(=O)n(-c2ccccc2)n1C. The predicted octanol–water partition coefficient (Wildman–Crippen LogP) is 4.07. The molecule has 3 rings (SSSR count). The van der Waals surface area contributed by atoms with E-state index in [9.17, 15) is 9.59 Å². The molecule has 0 saturated carbocycles. The lowest BCUT2D eigenvalue weighted by molar-refractivity contribution is -0.113. The van der Waals surface area contributed by atoms with Crippen molar-refractivity contribution in [2.45, 2.75) is 12.7 Å². The van der Waals surface area contributed by atoms with E-state index in [0.29, 0.717) is 17.1 Å². The first-order valence-electron chi connectivity index (χ1n) is 7.93. The molecule has 1 amide bonds. The molecule has 1 N–H and O–H groups in total. The van der Waals surface area contributed by atoms with Gasteiger partial charge < -0.3 is 5.32 Å². The van der Waals surface area contributed by atoms with E-state index in [4.69, 9.17) is 11.6 Å². The fourth-order valence-corrected chi connectivity index (χ4v) is 4.59. The molecule has 26 heavy (non-hydrogen) atoms. The first-order chi connectivity index (χ1) is 12.5. The van der Waals surface area contributed by atoms with Gasteiger partial charge in [0.05, 0.1) is 21.5 Å². The van der Waals surface area contributed by atoms with Crippen LogP contribution in [0.2, 0.25) is 4.34 Å². The fourth-order valence-electron chi connectivity index (χ4n) is 2.56. The Morgan fingerprint density at radius 1 is 1.23 bits per heavy atom. The Bertz CT molecular complexity index is 976. The summed E-state index contributed by atoms with van der Waals surface area (Å²) in [7, 11) is 1.80. The molecule has 0 radical (unpaired) electrons. The Kier molecular flexibility index (Phi) is 5.90. The molecule has 136 valence electrons. The normalized spacial score (nSPS) is 10.9. The van der Waals surface area contributed by atoms with Crippen molar-refractivity contribution >= 4 is 46.3 Å². The summed E-state index contributed by atoms with van der Waals surface area (Å²) in [5, 5.41) is 2.76. The van der Waals surface area contributed by atoms with Crippen molar-refractivity contribution in [3.05, 3.63) is 67.7 Å². The van der Waals surface area contributed by atoms with Crippen LogP contribution in [0.1, 0.15) is 10.6 Å². The van der Waals surface area contributed by atoms with Gasteiger partial charge in [0.2, 0.25) is 5.91 Å². The number of benzene rings is 1. The number of para-hydroxylation sites is 1. The zero-order chi connectivity index (χ0) is 18.7. The van der Waals surface area contributed by atoms with Crippen molar-refractivity contribution in [2.75, 3.05) is 11.1 Å². The molecule has 2 aromatic heterocycles. The van der Waals surface area contributed by atoms with Gasteiger partial charge in [0.15, 0.2) is 0 Å². The van der Waals surface area contributed by atoms with Crippen LogP contribution >= 0.6 is 34.7 Å². The van der Waals surface area contributed by atoms with Crippen molar-refractivity contribution < 1.29 is 4.79 Å². The van der Waals surface area contributed by atoms with Crippen LogP contribution < -0.4 is 10.9 Å². The molecule has 1 aromatic carbocycles. The molecule has 5 nitrogen and oxygen atoms in total. The van der Waals surface area contributed by atoms with E-state index in [2.05, 4.69) is 5.32 Å². The lowest BCUT2D eigenvalue weighted by Crippen LogP contribution is -2.23. The number of carbonyl (C=O) groups is 1. The zero-order valence-corrected chi connectivity index (χ0v) is 16.7. The largest absolute Gasteiger partial charge is 0.319 e. The van der Waals surface area contributed by atoms with Crippen molar-refractivity contribution in [1.29, 1.82) is 0 Å².